The lowest BCUT2D eigenvalue weighted by Crippen LogP contribution is -2.29. The molecule has 0 saturated heterocycles. The zero-order chi connectivity index (χ0) is 10.6. The Morgan fingerprint density at radius 2 is 2.43 bits per heavy atom. The molecule has 0 saturated carbocycles. The normalized spacial score (nSPS) is 12.5. The van der Waals surface area contributed by atoms with Gasteiger partial charge in [-0.3, -0.25) is 4.79 Å². The number of carbonyl (C=O) groups is 1. The maximum Gasteiger partial charge on any atom is 0.232 e. The Morgan fingerprint density at radius 1 is 1.71 bits per heavy atom. The van der Waals surface area contributed by atoms with E-state index in [2.05, 4.69) is 36.3 Å². The third kappa shape index (κ3) is 3.03. The molecular formula is C10H15NOS2. The molecule has 14 heavy (non-hydrogen) atoms. The Bertz CT molecular complexity index is 307. The van der Waals surface area contributed by atoms with Crippen molar-refractivity contribution >= 4 is 29.9 Å². The van der Waals surface area contributed by atoms with Gasteiger partial charge in [-0.2, -0.15) is 12.6 Å². The smallest absolute Gasteiger partial charge is 0.232 e. The predicted octanol–water partition coefficient (Wildman–Crippen LogP) is 2.25. The fourth-order valence-corrected chi connectivity index (χ4v) is 2.16. The van der Waals surface area contributed by atoms with Gasteiger partial charge in [0.15, 0.2) is 0 Å². The van der Waals surface area contributed by atoms with Crippen LogP contribution in [0.2, 0.25) is 0 Å². The lowest BCUT2D eigenvalue weighted by atomic mass is 10.2. The first-order chi connectivity index (χ1) is 6.65. The summed E-state index contributed by atoms with van der Waals surface area (Å²) >= 11 is 5.75. The van der Waals surface area contributed by atoms with Crippen molar-refractivity contribution in [1.29, 1.82) is 0 Å². The Labute approximate surface area is 94.1 Å². The molecule has 78 valence electrons. The first-order valence-corrected chi connectivity index (χ1v) is 6.05. The van der Waals surface area contributed by atoms with Crippen LogP contribution < -0.4 is 5.32 Å². The van der Waals surface area contributed by atoms with Crippen LogP contribution >= 0.6 is 24.0 Å². The molecule has 1 amide bonds. The molecule has 0 aliphatic heterocycles. The molecular weight excluding hydrogens is 214 g/mol. The van der Waals surface area contributed by atoms with Crippen LogP contribution in [0, 0.1) is 0 Å². The van der Waals surface area contributed by atoms with Gasteiger partial charge in [0.25, 0.3) is 0 Å². The Kier molecular flexibility index (Phi) is 4.48. The van der Waals surface area contributed by atoms with E-state index in [0.29, 0.717) is 6.54 Å². The van der Waals surface area contributed by atoms with Crippen molar-refractivity contribution in [3.63, 3.8) is 0 Å². The van der Waals surface area contributed by atoms with Gasteiger partial charge in [-0.15, -0.1) is 11.3 Å². The second-order valence-electron chi connectivity index (χ2n) is 3.12. The van der Waals surface area contributed by atoms with Gasteiger partial charge in [-0.05, 0) is 30.4 Å². The molecule has 1 N–H and O–H groups in total. The minimum atomic E-state index is -0.236. The third-order valence-electron chi connectivity index (χ3n) is 2.02. The minimum absolute atomic E-state index is 0.0104. The molecule has 2 nitrogen and oxygen atoms in total. The van der Waals surface area contributed by atoms with E-state index < -0.39 is 0 Å². The molecule has 0 spiro atoms. The third-order valence-corrected chi connectivity index (χ3v) is 3.22. The number of hydrogen-bond acceptors (Lipinski definition) is 3. The van der Waals surface area contributed by atoms with E-state index in [1.807, 2.05) is 0 Å². The summed E-state index contributed by atoms with van der Waals surface area (Å²) in [6.07, 6.45) is 1.02. The van der Waals surface area contributed by atoms with Gasteiger partial charge >= 0.3 is 0 Å². The molecule has 0 aliphatic rings. The minimum Gasteiger partial charge on any atom is -0.350 e. The van der Waals surface area contributed by atoms with Gasteiger partial charge < -0.3 is 5.32 Å². The average Bonchev–Trinajstić information content (AvgIpc) is 2.60. The summed E-state index contributed by atoms with van der Waals surface area (Å²) in [6.45, 7) is 4.52. The van der Waals surface area contributed by atoms with Crippen LogP contribution in [0.4, 0.5) is 0 Å². The van der Waals surface area contributed by atoms with Crippen molar-refractivity contribution in [2.24, 2.45) is 0 Å². The van der Waals surface area contributed by atoms with Gasteiger partial charge in [-0.1, -0.05) is 6.92 Å². The topological polar surface area (TPSA) is 29.1 Å². The first-order valence-electron chi connectivity index (χ1n) is 4.66. The summed E-state index contributed by atoms with van der Waals surface area (Å²) in [4.78, 5) is 12.5. The highest BCUT2D eigenvalue weighted by Crippen LogP contribution is 2.16. The Hall–Kier alpha value is -0.480. The molecule has 1 aromatic rings. The van der Waals surface area contributed by atoms with Gasteiger partial charge in [0.1, 0.15) is 0 Å². The number of hydrogen-bond donors (Lipinski definition) is 2. The summed E-state index contributed by atoms with van der Waals surface area (Å²) in [5.74, 6) is -0.0104. The predicted molar refractivity (Wildman–Crippen MR) is 64.0 cm³/mol. The number of rotatable bonds is 4. The van der Waals surface area contributed by atoms with Gasteiger partial charge in [0.05, 0.1) is 11.8 Å². The highest BCUT2D eigenvalue weighted by atomic mass is 32.1. The molecule has 1 atom stereocenters. The molecule has 0 radical (unpaired) electrons. The number of thiol groups is 1. The summed E-state index contributed by atoms with van der Waals surface area (Å²) in [6, 6.07) is 2.11. The SMILES string of the molecule is CCc1ccsc1CNC(=O)C(C)S. The first kappa shape index (κ1) is 11.6. The van der Waals surface area contributed by atoms with Crippen molar-refractivity contribution in [1.82, 2.24) is 5.32 Å². The van der Waals surface area contributed by atoms with Crippen LogP contribution in [0.1, 0.15) is 24.3 Å². The number of aryl methyl sites for hydroxylation is 1. The highest BCUT2D eigenvalue weighted by molar-refractivity contribution is 7.81. The lowest BCUT2D eigenvalue weighted by Gasteiger charge is -2.06. The Balaban J connectivity index is 2.49. The highest BCUT2D eigenvalue weighted by Gasteiger charge is 2.08. The van der Waals surface area contributed by atoms with E-state index in [-0.39, 0.29) is 11.2 Å². The van der Waals surface area contributed by atoms with Crippen molar-refractivity contribution < 1.29 is 4.79 Å². The van der Waals surface area contributed by atoms with E-state index in [4.69, 9.17) is 0 Å². The maximum atomic E-state index is 11.3. The standard InChI is InChI=1S/C10H15NOS2/c1-3-8-4-5-14-9(8)6-11-10(12)7(2)13/h4-5,7,13H,3,6H2,1-2H3,(H,11,12). The molecule has 1 unspecified atom stereocenters. The number of amides is 1. The van der Waals surface area contributed by atoms with Gasteiger partial charge in [0.2, 0.25) is 5.91 Å². The molecule has 0 fully saturated rings. The zero-order valence-electron chi connectivity index (χ0n) is 8.41. The van der Waals surface area contributed by atoms with E-state index in [0.717, 1.165) is 6.42 Å². The summed E-state index contributed by atoms with van der Waals surface area (Å²) in [7, 11) is 0. The van der Waals surface area contributed by atoms with E-state index >= 15 is 0 Å². The lowest BCUT2D eigenvalue weighted by molar-refractivity contribution is -0.120. The van der Waals surface area contributed by atoms with Crippen molar-refractivity contribution in [2.45, 2.75) is 32.1 Å². The second-order valence-corrected chi connectivity index (χ2v) is 4.89. The number of thiophene rings is 1. The fraction of sp³-hybridized carbons (Fsp3) is 0.500. The van der Waals surface area contributed by atoms with E-state index in [1.54, 1.807) is 18.3 Å². The maximum absolute atomic E-state index is 11.3. The van der Waals surface area contributed by atoms with Crippen LogP contribution in [-0.2, 0) is 17.8 Å². The molecule has 0 aromatic carbocycles. The van der Waals surface area contributed by atoms with Crippen LogP contribution in [0.3, 0.4) is 0 Å². The van der Waals surface area contributed by atoms with Gasteiger partial charge in [-0.25, -0.2) is 0 Å². The molecule has 0 bridgehead atoms. The largest absolute Gasteiger partial charge is 0.350 e. The Morgan fingerprint density at radius 3 is 3.00 bits per heavy atom. The zero-order valence-corrected chi connectivity index (χ0v) is 10.1. The summed E-state index contributed by atoms with van der Waals surface area (Å²) < 4.78 is 0. The van der Waals surface area contributed by atoms with Gasteiger partial charge in [0, 0.05) is 4.88 Å². The molecule has 1 aromatic heterocycles. The second kappa shape index (κ2) is 5.41. The van der Waals surface area contributed by atoms with Crippen LogP contribution in [0.25, 0.3) is 0 Å². The summed E-state index contributed by atoms with van der Waals surface area (Å²) in [5.41, 5.74) is 1.32. The molecule has 0 aliphatic carbocycles. The van der Waals surface area contributed by atoms with Crippen LogP contribution in [0.5, 0.6) is 0 Å². The van der Waals surface area contributed by atoms with Crippen molar-refractivity contribution in [3.05, 3.63) is 21.9 Å². The molecule has 1 rings (SSSR count). The van der Waals surface area contributed by atoms with E-state index in [9.17, 15) is 4.79 Å². The van der Waals surface area contributed by atoms with Crippen LogP contribution in [0.15, 0.2) is 11.4 Å². The number of nitrogens with one attached hydrogen (secondary N) is 1. The molecule has 4 heteroatoms. The van der Waals surface area contributed by atoms with E-state index in [1.165, 1.54) is 10.4 Å². The molecule has 1 heterocycles. The van der Waals surface area contributed by atoms with Crippen molar-refractivity contribution in [3.8, 4) is 0 Å². The summed E-state index contributed by atoms with van der Waals surface area (Å²) in [5, 5.41) is 4.68. The average molecular weight is 229 g/mol. The quantitative estimate of drug-likeness (QED) is 0.762. The van der Waals surface area contributed by atoms with Crippen molar-refractivity contribution in [2.75, 3.05) is 0 Å². The fourth-order valence-electron chi connectivity index (χ4n) is 1.15. The number of carbonyl (C=O) groups excluding carboxylic acids is 1. The van der Waals surface area contributed by atoms with Crippen LogP contribution in [-0.4, -0.2) is 11.2 Å². The monoisotopic (exact) mass is 229 g/mol.